The second kappa shape index (κ2) is 9.94. The second-order valence-corrected chi connectivity index (χ2v) is 7.20. The van der Waals surface area contributed by atoms with Crippen molar-refractivity contribution >= 4 is 17.5 Å². The molecule has 1 aliphatic rings. The lowest BCUT2D eigenvalue weighted by molar-refractivity contribution is 0.0626. The molecule has 1 aliphatic heterocycles. The van der Waals surface area contributed by atoms with Crippen LogP contribution in [0.15, 0.2) is 36.4 Å². The maximum absolute atomic E-state index is 14.0. The van der Waals surface area contributed by atoms with Crippen molar-refractivity contribution in [2.24, 2.45) is 0 Å². The minimum Gasteiger partial charge on any atom is -0.490 e. The zero-order valence-electron chi connectivity index (χ0n) is 16.8. The standard InChI is InChI=1S/C22H26ClFN2O3/c1-3-28-20-9-8-16(14-21(20)29-4-2)22(27)26-12-10-25(11-13-26)15-17-18(23)6-5-7-19(17)24/h5-9,14H,3-4,10-13,15H2,1-2H3. The molecule has 0 bridgehead atoms. The van der Waals surface area contributed by atoms with Crippen molar-refractivity contribution in [2.45, 2.75) is 20.4 Å². The monoisotopic (exact) mass is 420 g/mol. The van der Waals surface area contributed by atoms with Crippen molar-refractivity contribution < 1.29 is 18.7 Å². The van der Waals surface area contributed by atoms with Gasteiger partial charge in [0.1, 0.15) is 5.82 Å². The van der Waals surface area contributed by atoms with Gasteiger partial charge in [0.05, 0.1) is 13.2 Å². The minimum absolute atomic E-state index is 0.0439. The highest BCUT2D eigenvalue weighted by atomic mass is 35.5. The van der Waals surface area contributed by atoms with Gasteiger partial charge in [-0.25, -0.2) is 4.39 Å². The lowest BCUT2D eigenvalue weighted by Gasteiger charge is -2.35. The molecule has 3 rings (SSSR count). The van der Waals surface area contributed by atoms with Crippen LogP contribution in [0.5, 0.6) is 11.5 Å². The Morgan fingerprint density at radius 1 is 1.03 bits per heavy atom. The van der Waals surface area contributed by atoms with Gasteiger partial charge in [0.2, 0.25) is 0 Å². The molecule has 0 atom stereocenters. The lowest BCUT2D eigenvalue weighted by Crippen LogP contribution is -2.48. The molecule has 0 unspecified atom stereocenters. The minimum atomic E-state index is -0.297. The van der Waals surface area contributed by atoms with Crippen LogP contribution in [0.25, 0.3) is 0 Å². The number of carbonyl (C=O) groups is 1. The van der Waals surface area contributed by atoms with Crippen molar-refractivity contribution in [1.29, 1.82) is 0 Å². The third-order valence-electron chi connectivity index (χ3n) is 4.89. The van der Waals surface area contributed by atoms with Gasteiger partial charge in [0.25, 0.3) is 5.91 Å². The zero-order chi connectivity index (χ0) is 20.8. The molecule has 0 aliphatic carbocycles. The average Bonchev–Trinajstić information content (AvgIpc) is 2.72. The van der Waals surface area contributed by atoms with E-state index in [-0.39, 0.29) is 11.7 Å². The number of piperazine rings is 1. The SMILES string of the molecule is CCOc1ccc(C(=O)N2CCN(Cc3c(F)cccc3Cl)CC2)cc1OCC. The summed E-state index contributed by atoms with van der Waals surface area (Å²) in [5.41, 5.74) is 1.07. The Kier molecular flexibility index (Phi) is 7.34. The quantitative estimate of drug-likeness (QED) is 0.672. The molecule has 7 heteroatoms. The fraction of sp³-hybridized carbons (Fsp3) is 0.409. The van der Waals surface area contributed by atoms with Crippen LogP contribution in [-0.4, -0.2) is 55.1 Å². The molecule has 29 heavy (non-hydrogen) atoms. The Morgan fingerprint density at radius 3 is 2.38 bits per heavy atom. The molecule has 156 valence electrons. The summed E-state index contributed by atoms with van der Waals surface area (Å²) in [5.74, 6) is 0.872. The van der Waals surface area contributed by atoms with E-state index in [0.29, 0.717) is 73.6 Å². The number of ether oxygens (including phenoxy) is 2. The van der Waals surface area contributed by atoms with Crippen molar-refractivity contribution in [3.05, 3.63) is 58.4 Å². The average molecular weight is 421 g/mol. The van der Waals surface area contributed by atoms with Gasteiger partial charge in [-0.3, -0.25) is 9.69 Å². The summed E-state index contributed by atoms with van der Waals surface area (Å²) >= 11 is 6.13. The predicted octanol–water partition coefficient (Wildman–Crippen LogP) is 4.23. The van der Waals surface area contributed by atoms with Crippen LogP contribution in [0, 0.1) is 5.82 Å². The normalized spacial score (nSPS) is 14.7. The first-order valence-electron chi connectivity index (χ1n) is 9.87. The van der Waals surface area contributed by atoms with E-state index >= 15 is 0 Å². The second-order valence-electron chi connectivity index (χ2n) is 6.80. The van der Waals surface area contributed by atoms with E-state index < -0.39 is 0 Å². The summed E-state index contributed by atoms with van der Waals surface area (Å²) in [6.07, 6.45) is 0. The Morgan fingerprint density at radius 2 is 1.72 bits per heavy atom. The van der Waals surface area contributed by atoms with Crippen LogP contribution >= 0.6 is 11.6 Å². The van der Waals surface area contributed by atoms with Crippen LogP contribution in [0.4, 0.5) is 4.39 Å². The Bertz CT molecular complexity index is 834. The number of rotatable bonds is 7. The topological polar surface area (TPSA) is 42.0 Å². The molecule has 2 aromatic carbocycles. The number of hydrogen-bond donors (Lipinski definition) is 0. The number of nitrogens with zero attached hydrogens (tertiary/aromatic N) is 2. The van der Waals surface area contributed by atoms with E-state index in [2.05, 4.69) is 4.90 Å². The molecule has 1 heterocycles. The van der Waals surface area contributed by atoms with Crippen LogP contribution in [0.2, 0.25) is 5.02 Å². The molecule has 1 amide bonds. The Hall–Kier alpha value is -2.31. The van der Waals surface area contributed by atoms with Crippen LogP contribution in [0.1, 0.15) is 29.8 Å². The molecule has 0 spiro atoms. The van der Waals surface area contributed by atoms with E-state index in [1.165, 1.54) is 6.07 Å². The van der Waals surface area contributed by atoms with Gasteiger partial charge in [-0.05, 0) is 44.2 Å². The predicted molar refractivity (Wildman–Crippen MR) is 111 cm³/mol. The van der Waals surface area contributed by atoms with Gasteiger partial charge in [0.15, 0.2) is 11.5 Å². The van der Waals surface area contributed by atoms with Crippen molar-refractivity contribution in [2.75, 3.05) is 39.4 Å². The summed E-state index contributed by atoms with van der Waals surface area (Å²) in [5, 5.41) is 0.432. The molecule has 1 saturated heterocycles. The smallest absolute Gasteiger partial charge is 0.254 e. The van der Waals surface area contributed by atoms with Gasteiger partial charge >= 0.3 is 0 Å². The van der Waals surface area contributed by atoms with Crippen LogP contribution < -0.4 is 9.47 Å². The fourth-order valence-corrected chi connectivity index (χ4v) is 3.61. The highest BCUT2D eigenvalue weighted by molar-refractivity contribution is 6.31. The Balaban J connectivity index is 1.63. The first-order valence-corrected chi connectivity index (χ1v) is 10.3. The summed E-state index contributed by atoms with van der Waals surface area (Å²) in [4.78, 5) is 16.8. The van der Waals surface area contributed by atoms with Crippen LogP contribution in [0.3, 0.4) is 0 Å². The number of halogens is 2. The number of amides is 1. The van der Waals surface area contributed by atoms with Gasteiger partial charge in [-0.1, -0.05) is 17.7 Å². The highest BCUT2D eigenvalue weighted by Crippen LogP contribution is 2.29. The van der Waals surface area contributed by atoms with Crippen LogP contribution in [-0.2, 0) is 6.54 Å². The number of benzene rings is 2. The van der Waals surface area contributed by atoms with E-state index in [4.69, 9.17) is 21.1 Å². The fourth-order valence-electron chi connectivity index (χ4n) is 3.38. The summed E-state index contributed by atoms with van der Waals surface area (Å²) in [6.45, 7) is 7.72. The molecule has 5 nitrogen and oxygen atoms in total. The van der Waals surface area contributed by atoms with Gasteiger partial charge < -0.3 is 14.4 Å². The van der Waals surface area contributed by atoms with Crippen molar-refractivity contribution in [3.8, 4) is 11.5 Å². The maximum atomic E-state index is 14.0. The maximum Gasteiger partial charge on any atom is 0.254 e. The van der Waals surface area contributed by atoms with Crippen molar-refractivity contribution in [1.82, 2.24) is 9.80 Å². The number of hydrogen-bond acceptors (Lipinski definition) is 4. The van der Waals surface area contributed by atoms with Crippen molar-refractivity contribution in [3.63, 3.8) is 0 Å². The molecule has 0 N–H and O–H groups in total. The lowest BCUT2D eigenvalue weighted by atomic mass is 10.1. The molecule has 1 fully saturated rings. The highest BCUT2D eigenvalue weighted by Gasteiger charge is 2.24. The largest absolute Gasteiger partial charge is 0.490 e. The molecular formula is C22H26ClFN2O3. The van der Waals surface area contributed by atoms with E-state index in [0.717, 1.165) is 0 Å². The Labute approximate surface area is 176 Å². The van der Waals surface area contributed by atoms with E-state index in [1.54, 1.807) is 30.3 Å². The summed E-state index contributed by atoms with van der Waals surface area (Å²) in [7, 11) is 0. The third kappa shape index (κ3) is 5.19. The third-order valence-corrected chi connectivity index (χ3v) is 5.25. The molecule has 0 saturated carbocycles. The number of carbonyl (C=O) groups excluding carboxylic acids is 1. The molecule has 0 aromatic heterocycles. The first-order chi connectivity index (χ1) is 14.0. The summed E-state index contributed by atoms with van der Waals surface area (Å²) in [6, 6.07) is 10.00. The molecule has 2 aromatic rings. The van der Waals surface area contributed by atoms with Gasteiger partial charge in [-0.2, -0.15) is 0 Å². The first kappa shape index (κ1) is 21.4. The molecule has 0 radical (unpaired) electrons. The van der Waals surface area contributed by atoms with E-state index in [1.807, 2.05) is 18.7 Å². The van der Waals surface area contributed by atoms with Gasteiger partial charge in [-0.15, -0.1) is 0 Å². The zero-order valence-corrected chi connectivity index (χ0v) is 17.5. The molecular weight excluding hydrogens is 395 g/mol. The summed E-state index contributed by atoms with van der Waals surface area (Å²) < 4.78 is 25.2. The van der Waals surface area contributed by atoms with E-state index in [9.17, 15) is 9.18 Å². The van der Waals surface area contributed by atoms with Gasteiger partial charge in [0, 0.05) is 48.9 Å².